The lowest BCUT2D eigenvalue weighted by molar-refractivity contribution is 0.412. The van der Waals surface area contributed by atoms with Crippen molar-refractivity contribution in [1.29, 1.82) is 0 Å². The van der Waals surface area contributed by atoms with E-state index in [4.69, 9.17) is 0 Å². The van der Waals surface area contributed by atoms with E-state index >= 15 is 0 Å². The van der Waals surface area contributed by atoms with Crippen LogP contribution in [0.4, 0.5) is 4.39 Å². The van der Waals surface area contributed by atoms with Crippen LogP contribution in [-0.2, 0) is 17.4 Å². The van der Waals surface area contributed by atoms with Gasteiger partial charge in [-0.2, -0.15) is 4.31 Å². The van der Waals surface area contributed by atoms with Crippen molar-refractivity contribution in [2.75, 3.05) is 0 Å². The Morgan fingerprint density at radius 1 is 1.15 bits per heavy atom. The zero-order chi connectivity index (χ0) is 18.3. The molecule has 1 aromatic carbocycles. The van der Waals surface area contributed by atoms with Gasteiger partial charge in [-0.3, -0.25) is 4.79 Å². The van der Waals surface area contributed by atoms with Crippen LogP contribution in [0.5, 0.6) is 0 Å². The Balaban J connectivity index is 0.00000210. The number of hydrogen-bond acceptors (Lipinski definition) is 4. The lowest BCUT2D eigenvalue weighted by atomic mass is 10.0. The van der Waals surface area contributed by atoms with Crippen LogP contribution in [0.2, 0.25) is 0 Å². The minimum Gasteiger partial charge on any atom is -0.307 e. The Hall–Kier alpha value is -2.29. The first kappa shape index (κ1) is 19.5. The first-order valence-electron chi connectivity index (χ1n) is 8.21. The summed E-state index contributed by atoms with van der Waals surface area (Å²) in [6.45, 7) is 0.172. The molecule has 9 heteroatoms. The fourth-order valence-corrected chi connectivity index (χ4v) is 3.83. The predicted octanol–water partition coefficient (Wildman–Crippen LogP) is 2.64. The lowest BCUT2D eigenvalue weighted by Crippen LogP contribution is -2.23. The van der Waals surface area contributed by atoms with Crippen molar-refractivity contribution in [2.45, 2.75) is 25.4 Å². The third kappa shape index (κ3) is 4.02. The molecule has 2 aromatic heterocycles. The molecule has 2 heterocycles. The Bertz CT molecular complexity index is 1120. The van der Waals surface area contributed by atoms with E-state index in [0.29, 0.717) is 27.7 Å². The Morgan fingerprint density at radius 2 is 1.93 bits per heavy atom. The Labute approximate surface area is 162 Å². The molecule has 1 aliphatic carbocycles. The van der Waals surface area contributed by atoms with Crippen LogP contribution in [-0.4, -0.2) is 28.7 Å². The standard InChI is InChI=1S/C18H16FN3O3S.ClH/c19-16-9-11(10-22(26(24)25)12-2-3-12)1-4-14(16)13-7-8-20-18-15(13)5-6-17(23)21-18;/h1,4-9,12,26H,2-3,10H2,(H,20,21,23);1H. The average Bonchev–Trinajstić information content (AvgIpc) is 3.44. The average molecular weight is 410 g/mol. The van der Waals surface area contributed by atoms with Crippen molar-refractivity contribution in [2.24, 2.45) is 0 Å². The number of rotatable bonds is 5. The van der Waals surface area contributed by atoms with Gasteiger partial charge in [-0.05, 0) is 42.2 Å². The number of aromatic nitrogens is 2. The number of thiol groups is 1. The molecule has 1 fully saturated rings. The summed E-state index contributed by atoms with van der Waals surface area (Å²) in [7, 11) is -2.68. The van der Waals surface area contributed by atoms with E-state index in [2.05, 4.69) is 9.97 Å². The summed E-state index contributed by atoms with van der Waals surface area (Å²) < 4.78 is 38.9. The Morgan fingerprint density at radius 3 is 2.59 bits per heavy atom. The normalized spacial score (nSPS) is 13.9. The van der Waals surface area contributed by atoms with Crippen molar-refractivity contribution in [3.63, 3.8) is 0 Å². The van der Waals surface area contributed by atoms with E-state index in [-0.39, 0.29) is 30.6 Å². The number of H-pyrrole nitrogens is 1. The molecule has 6 nitrogen and oxygen atoms in total. The van der Waals surface area contributed by atoms with Gasteiger partial charge >= 0.3 is 0 Å². The summed E-state index contributed by atoms with van der Waals surface area (Å²) in [5.74, 6) is -0.446. The SMILES string of the molecule is Cl.O=c1ccc2c(-c3ccc(CN(C4CC4)[SH](=O)=O)cc3F)ccnc2[nH]1. The maximum atomic E-state index is 14.7. The molecule has 1 aliphatic rings. The number of pyridine rings is 2. The molecule has 0 atom stereocenters. The van der Waals surface area contributed by atoms with Gasteiger partial charge in [0.25, 0.3) is 0 Å². The van der Waals surface area contributed by atoms with E-state index in [1.54, 1.807) is 24.3 Å². The number of aromatic amines is 1. The molecule has 142 valence electrons. The van der Waals surface area contributed by atoms with Crippen molar-refractivity contribution >= 4 is 34.3 Å². The summed E-state index contributed by atoms with van der Waals surface area (Å²) in [5, 5.41) is 0.640. The molecule has 0 spiro atoms. The van der Waals surface area contributed by atoms with Crippen molar-refractivity contribution in [1.82, 2.24) is 14.3 Å². The van der Waals surface area contributed by atoms with Crippen LogP contribution < -0.4 is 5.56 Å². The number of nitrogens with zero attached hydrogens (tertiary/aromatic N) is 2. The van der Waals surface area contributed by atoms with Gasteiger partial charge in [0.2, 0.25) is 16.4 Å². The molecule has 0 radical (unpaired) electrons. The van der Waals surface area contributed by atoms with Crippen LogP contribution in [0.3, 0.4) is 0 Å². The summed E-state index contributed by atoms with van der Waals surface area (Å²) in [6, 6.07) is 9.43. The molecule has 27 heavy (non-hydrogen) atoms. The van der Waals surface area contributed by atoms with Crippen LogP contribution >= 0.6 is 12.4 Å². The highest BCUT2D eigenvalue weighted by Gasteiger charge is 2.31. The van der Waals surface area contributed by atoms with E-state index in [1.165, 1.54) is 22.6 Å². The molecule has 0 bridgehead atoms. The number of halogens is 2. The number of benzene rings is 1. The fraction of sp³-hybridized carbons (Fsp3) is 0.222. The molecular weight excluding hydrogens is 393 g/mol. The van der Waals surface area contributed by atoms with E-state index in [1.807, 2.05) is 0 Å². The second-order valence-corrected chi connectivity index (χ2v) is 7.31. The van der Waals surface area contributed by atoms with Gasteiger partial charge in [-0.1, -0.05) is 12.1 Å². The first-order chi connectivity index (χ1) is 12.5. The minimum atomic E-state index is -2.68. The first-order valence-corrected chi connectivity index (χ1v) is 9.34. The van der Waals surface area contributed by atoms with Gasteiger partial charge in [-0.25, -0.2) is 17.8 Å². The molecule has 0 aliphatic heterocycles. The molecule has 1 N–H and O–H groups in total. The summed E-state index contributed by atoms with van der Waals surface area (Å²) in [5.41, 5.74) is 1.71. The second-order valence-electron chi connectivity index (χ2n) is 6.32. The van der Waals surface area contributed by atoms with Gasteiger partial charge in [0.1, 0.15) is 11.5 Å². The highest BCUT2D eigenvalue weighted by Crippen LogP contribution is 2.31. The summed E-state index contributed by atoms with van der Waals surface area (Å²) >= 11 is 0. The van der Waals surface area contributed by atoms with E-state index < -0.39 is 16.7 Å². The van der Waals surface area contributed by atoms with Crippen LogP contribution in [0.15, 0.2) is 47.4 Å². The van der Waals surface area contributed by atoms with Gasteiger partial charge in [0.15, 0.2) is 0 Å². The van der Waals surface area contributed by atoms with Crippen molar-refractivity contribution in [3.8, 4) is 11.1 Å². The maximum Gasteiger partial charge on any atom is 0.249 e. The van der Waals surface area contributed by atoms with Gasteiger partial charge < -0.3 is 4.98 Å². The molecule has 1 saturated carbocycles. The van der Waals surface area contributed by atoms with E-state index in [0.717, 1.165) is 12.8 Å². The predicted molar refractivity (Wildman–Crippen MR) is 104 cm³/mol. The number of fused-ring (bicyclic) bond motifs is 1. The number of hydrogen-bond donors (Lipinski definition) is 2. The Kier molecular flexibility index (Phi) is 5.59. The molecule has 0 saturated heterocycles. The fourth-order valence-electron chi connectivity index (χ4n) is 3.05. The third-order valence-electron chi connectivity index (χ3n) is 4.48. The van der Waals surface area contributed by atoms with Gasteiger partial charge in [0, 0.05) is 35.8 Å². The van der Waals surface area contributed by atoms with Gasteiger partial charge in [-0.15, -0.1) is 12.4 Å². The van der Waals surface area contributed by atoms with Crippen LogP contribution in [0, 0.1) is 5.82 Å². The van der Waals surface area contributed by atoms with Crippen LogP contribution in [0.1, 0.15) is 18.4 Å². The zero-order valence-electron chi connectivity index (χ0n) is 14.1. The number of nitrogens with one attached hydrogen (secondary N) is 1. The monoisotopic (exact) mass is 409 g/mol. The summed E-state index contributed by atoms with van der Waals surface area (Å²) in [4.78, 5) is 18.2. The zero-order valence-corrected chi connectivity index (χ0v) is 15.8. The third-order valence-corrected chi connectivity index (χ3v) is 5.37. The molecule has 0 unspecified atom stereocenters. The van der Waals surface area contributed by atoms with Gasteiger partial charge in [0.05, 0.1) is 0 Å². The van der Waals surface area contributed by atoms with E-state index in [9.17, 15) is 17.6 Å². The molecule has 3 aromatic rings. The topological polar surface area (TPSA) is 83.1 Å². The molecular formula is C18H17ClFN3O3S. The lowest BCUT2D eigenvalue weighted by Gasteiger charge is -2.15. The summed E-state index contributed by atoms with van der Waals surface area (Å²) in [6.07, 6.45) is 3.22. The maximum absolute atomic E-state index is 14.7. The second kappa shape index (κ2) is 7.75. The largest absolute Gasteiger partial charge is 0.307 e. The quantitative estimate of drug-likeness (QED) is 0.634. The molecule has 4 rings (SSSR count). The smallest absolute Gasteiger partial charge is 0.249 e. The highest BCUT2D eigenvalue weighted by molar-refractivity contribution is 7.69. The molecule has 0 amide bonds. The van der Waals surface area contributed by atoms with Crippen LogP contribution in [0.25, 0.3) is 22.2 Å². The van der Waals surface area contributed by atoms with Crippen molar-refractivity contribution in [3.05, 3.63) is 64.3 Å². The highest BCUT2D eigenvalue weighted by atomic mass is 35.5. The minimum absolute atomic E-state index is 0. The van der Waals surface area contributed by atoms with Crippen molar-refractivity contribution < 1.29 is 12.8 Å².